The molecule has 0 spiro atoms. The standard InChI is InChI=1S/C18H24N2O2/c1-11(13-7-9-14(19)10-8-13)20-12(2)17(18(21)22)15-5-3-4-6-16(15)20/h3-6,11,13-14H,7-10,19H2,1-2H3,(H,21,22)/t11-,13?,14?/m1/s1. The minimum Gasteiger partial charge on any atom is -0.478 e. The summed E-state index contributed by atoms with van der Waals surface area (Å²) < 4.78 is 2.22. The maximum absolute atomic E-state index is 11.7. The van der Waals surface area contributed by atoms with E-state index in [0.29, 0.717) is 23.6 Å². The van der Waals surface area contributed by atoms with Gasteiger partial charge in [-0.15, -0.1) is 0 Å². The fourth-order valence-corrected chi connectivity index (χ4v) is 4.02. The molecule has 1 heterocycles. The predicted octanol–water partition coefficient (Wildman–Crippen LogP) is 3.73. The SMILES string of the molecule is Cc1c(C(=O)O)c2ccccc2n1[C@H](C)C1CCC(N)CC1. The first-order valence-electron chi connectivity index (χ1n) is 8.09. The van der Waals surface area contributed by atoms with Crippen molar-refractivity contribution in [2.75, 3.05) is 0 Å². The van der Waals surface area contributed by atoms with Gasteiger partial charge in [-0.05, 0) is 51.5 Å². The molecule has 1 fully saturated rings. The number of para-hydroxylation sites is 1. The number of hydrogen-bond acceptors (Lipinski definition) is 2. The highest BCUT2D eigenvalue weighted by Gasteiger charge is 2.28. The lowest BCUT2D eigenvalue weighted by atomic mass is 9.82. The minimum atomic E-state index is -0.842. The Labute approximate surface area is 130 Å². The molecule has 4 heteroatoms. The highest BCUT2D eigenvalue weighted by atomic mass is 16.4. The zero-order chi connectivity index (χ0) is 15.9. The van der Waals surface area contributed by atoms with E-state index in [9.17, 15) is 9.90 Å². The first-order valence-corrected chi connectivity index (χ1v) is 8.09. The average Bonchev–Trinajstić information content (AvgIpc) is 2.79. The van der Waals surface area contributed by atoms with E-state index in [-0.39, 0.29) is 0 Å². The van der Waals surface area contributed by atoms with Gasteiger partial charge in [0.05, 0.1) is 5.56 Å². The molecule has 3 N–H and O–H groups in total. The number of nitrogens with zero attached hydrogens (tertiary/aromatic N) is 1. The van der Waals surface area contributed by atoms with Crippen LogP contribution in [-0.2, 0) is 0 Å². The molecular formula is C18H24N2O2. The van der Waals surface area contributed by atoms with Gasteiger partial charge in [-0.3, -0.25) is 0 Å². The van der Waals surface area contributed by atoms with Crippen molar-refractivity contribution in [1.82, 2.24) is 4.57 Å². The Hall–Kier alpha value is -1.81. The number of hydrogen-bond donors (Lipinski definition) is 2. The van der Waals surface area contributed by atoms with Crippen molar-refractivity contribution in [1.29, 1.82) is 0 Å². The Morgan fingerprint density at radius 3 is 2.55 bits per heavy atom. The highest BCUT2D eigenvalue weighted by Crippen LogP contribution is 2.37. The van der Waals surface area contributed by atoms with Crippen molar-refractivity contribution in [3.05, 3.63) is 35.5 Å². The van der Waals surface area contributed by atoms with Crippen LogP contribution in [0.5, 0.6) is 0 Å². The van der Waals surface area contributed by atoms with Gasteiger partial charge in [-0.1, -0.05) is 18.2 Å². The van der Waals surface area contributed by atoms with E-state index in [1.807, 2.05) is 31.2 Å². The number of rotatable bonds is 3. The highest BCUT2D eigenvalue weighted by molar-refractivity contribution is 6.05. The fraction of sp³-hybridized carbons (Fsp3) is 0.500. The molecule has 0 radical (unpaired) electrons. The van der Waals surface area contributed by atoms with Crippen molar-refractivity contribution < 1.29 is 9.90 Å². The molecule has 3 rings (SSSR count). The molecular weight excluding hydrogens is 276 g/mol. The number of benzene rings is 1. The molecule has 22 heavy (non-hydrogen) atoms. The van der Waals surface area contributed by atoms with Gasteiger partial charge >= 0.3 is 5.97 Å². The number of fused-ring (bicyclic) bond motifs is 1. The first kappa shape index (κ1) is 15.1. The Balaban J connectivity index is 2.06. The molecule has 1 aromatic heterocycles. The molecule has 1 aliphatic rings. The second kappa shape index (κ2) is 5.76. The monoisotopic (exact) mass is 300 g/mol. The minimum absolute atomic E-state index is 0.297. The zero-order valence-electron chi connectivity index (χ0n) is 13.2. The number of nitrogens with two attached hydrogens (primary N) is 1. The van der Waals surface area contributed by atoms with Gasteiger partial charge < -0.3 is 15.4 Å². The second-order valence-electron chi connectivity index (χ2n) is 6.57. The number of carboxylic acid groups (broad SMARTS) is 1. The molecule has 0 aliphatic heterocycles. The molecule has 1 saturated carbocycles. The van der Waals surface area contributed by atoms with Crippen molar-refractivity contribution in [3.63, 3.8) is 0 Å². The maximum Gasteiger partial charge on any atom is 0.338 e. The molecule has 1 aliphatic carbocycles. The lowest BCUT2D eigenvalue weighted by Gasteiger charge is -2.32. The predicted molar refractivity (Wildman–Crippen MR) is 88.3 cm³/mol. The third-order valence-corrected chi connectivity index (χ3v) is 5.28. The van der Waals surface area contributed by atoms with Crippen LogP contribution >= 0.6 is 0 Å². The van der Waals surface area contributed by atoms with Crippen LogP contribution in [0, 0.1) is 12.8 Å². The van der Waals surface area contributed by atoms with Crippen molar-refractivity contribution in [2.24, 2.45) is 11.7 Å². The van der Waals surface area contributed by atoms with Crippen molar-refractivity contribution >= 4 is 16.9 Å². The van der Waals surface area contributed by atoms with Gasteiger partial charge in [0.2, 0.25) is 0 Å². The van der Waals surface area contributed by atoms with Crippen LogP contribution in [0.2, 0.25) is 0 Å². The summed E-state index contributed by atoms with van der Waals surface area (Å²) in [5, 5.41) is 10.4. The number of aromatic nitrogens is 1. The van der Waals surface area contributed by atoms with E-state index in [2.05, 4.69) is 11.5 Å². The smallest absolute Gasteiger partial charge is 0.338 e. The summed E-state index contributed by atoms with van der Waals surface area (Å²) in [6.45, 7) is 4.14. The van der Waals surface area contributed by atoms with Crippen molar-refractivity contribution in [2.45, 2.75) is 51.6 Å². The number of carbonyl (C=O) groups is 1. The third-order valence-electron chi connectivity index (χ3n) is 5.28. The summed E-state index contributed by atoms with van der Waals surface area (Å²) in [4.78, 5) is 11.7. The van der Waals surface area contributed by atoms with E-state index in [0.717, 1.165) is 42.3 Å². The summed E-state index contributed by atoms with van der Waals surface area (Å²) in [6.07, 6.45) is 4.38. The molecule has 0 bridgehead atoms. The van der Waals surface area contributed by atoms with Gasteiger partial charge in [-0.2, -0.15) is 0 Å². The molecule has 0 saturated heterocycles. The van der Waals surface area contributed by atoms with E-state index in [1.165, 1.54) is 0 Å². The average molecular weight is 300 g/mol. The number of aromatic carboxylic acids is 1. The van der Waals surface area contributed by atoms with Crippen molar-refractivity contribution in [3.8, 4) is 0 Å². The normalized spacial score (nSPS) is 23.6. The molecule has 4 nitrogen and oxygen atoms in total. The lowest BCUT2D eigenvalue weighted by Crippen LogP contribution is -2.30. The van der Waals surface area contributed by atoms with Crippen LogP contribution in [0.25, 0.3) is 10.9 Å². The van der Waals surface area contributed by atoms with E-state index < -0.39 is 5.97 Å². The fourth-order valence-electron chi connectivity index (χ4n) is 4.02. The largest absolute Gasteiger partial charge is 0.478 e. The van der Waals surface area contributed by atoms with Crippen LogP contribution in [0.3, 0.4) is 0 Å². The summed E-state index contributed by atoms with van der Waals surface area (Å²) in [6, 6.07) is 8.45. The van der Waals surface area contributed by atoms with Crippen LogP contribution in [0.4, 0.5) is 0 Å². The van der Waals surface area contributed by atoms with Crippen LogP contribution in [-0.4, -0.2) is 21.7 Å². The van der Waals surface area contributed by atoms with Gasteiger partial charge in [0.15, 0.2) is 0 Å². The number of carboxylic acids is 1. The maximum atomic E-state index is 11.7. The molecule has 0 unspecified atom stereocenters. The first-order chi connectivity index (χ1) is 10.5. The van der Waals surface area contributed by atoms with Gasteiger partial charge in [0, 0.05) is 28.7 Å². The van der Waals surface area contributed by atoms with E-state index in [1.54, 1.807) is 0 Å². The quantitative estimate of drug-likeness (QED) is 0.907. The topological polar surface area (TPSA) is 68.2 Å². The zero-order valence-corrected chi connectivity index (χ0v) is 13.2. The third kappa shape index (κ3) is 2.41. The summed E-state index contributed by atoms with van der Waals surface area (Å²) in [5.74, 6) is -0.277. The molecule has 1 atom stereocenters. The van der Waals surface area contributed by atoms with Crippen LogP contribution in [0.1, 0.15) is 54.7 Å². The summed E-state index contributed by atoms with van der Waals surface area (Å²) in [5.41, 5.74) is 8.34. The van der Waals surface area contributed by atoms with Crippen LogP contribution in [0.15, 0.2) is 24.3 Å². The van der Waals surface area contributed by atoms with E-state index >= 15 is 0 Å². The van der Waals surface area contributed by atoms with Crippen LogP contribution < -0.4 is 5.73 Å². The summed E-state index contributed by atoms with van der Waals surface area (Å²) in [7, 11) is 0. The Kier molecular flexibility index (Phi) is 3.96. The van der Waals surface area contributed by atoms with Gasteiger partial charge in [0.1, 0.15) is 0 Å². The summed E-state index contributed by atoms with van der Waals surface area (Å²) >= 11 is 0. The molecule has 0 amide bonds. The Morgan fingerprint density at radius 2 is 1.91 bits per heavy atom. The van der Waals surface area contributed by atoms with Gasteiger partial charge in [-0.25, -0.2) is 4.79 Å². The van der Waals surface area contributed by atoms with E-state index in [4.69, 9.17) is 5.73 Å². The Bertz CT molecular complexity index is 696. The lowest BCUT2D eigenvalue weighted by molar-refractivity contribution is 0.0697. The molecule has 2 aromatic rings. The molecule has 1 aromatic carbocycles. The van der Waals surface area contributed by atoms with Gasteiger partial charge in [0.25, 0.3) is 0 Å². The Morgan fingerprint density at radius 1 is 1.27 bits per heavy atom. The molecule has 118 valence electrons. The second-order valence-corrected chi connectivity index (χ2v) is 6.57.